The van der Waals surface area contributed by atoms with Crippen LogP contribution in [0.15, 0.2) is 22.7 Å². The molecule has 0 spiro atoms. The highest BCUT2D eigenvalue weighted by atomic mass is 79.9. The molecule has 1 aromatic carbocycles. The smallest absolute Gasteiger partial charge is 0.123 e. The first-order valence-electron chi connectivity index (χ1n) is 5.94. The van der Waals surface area contributed by atoms with Gasteiger partial charge in [0.1, 0.15) is 5.75 Å². The topological polar surface area (TPSA) is 41.5 Å². The van der Waals surface area contributed by atoms with Gasteiger partial charge in [-0.05, 0) is 44.5 Å². The normalized spacial score (nSPS) is 10.5. The number of hydrogen-bond donors (Lipinski definition) is 2. The maximum atomic E-state index is 8.67. The van der Waals surface area contributed by atoms with Crippen LogP contribution in [0.1, 0.15) is 24.8 Å². The molecule has 1 aromatic rings. The van der Waals surface area contributed by atoms with E-state index in [1.807, 2.05) is 19.2 Å². The van der Waals surface area contributed by atoms with Crippen molar-refractivity contribution in [2.24, 2.45) is 0 Å². The van der Waals surface area contributed by atoms with Gasteiger partial charge in [0.05, 0.1) is 6.61 Å². The highest BCUT2D eigenvalue weighted by molar-refractivity contribution is 9.10. The number of rotatable bonds is 8. The summed E-state index contributed by atoms with van der Waals surface area (Å²) in [5.74, 6) is 0.937. The zero-order valence-corrected chi connectivity index (χ0v) is 11.8. The molecule has 0 saturated carbocycles. The fourth-order valence-electron chi connectivity index (χ4n) is 1.59. The number of aliphatic hydroxyl groups excluding tert-OH is 1. The van der Waals surface area contributed by atoms with E-state index >= 15 is 0 Å². The van der Waals surface area contributed by atoms with Crippen LogP contribution in [-0.2, 0) is 6.54 Å². The number of nitrogens with one attached hydrogen (secondary N) is 1. The Bertz CT molecular complexity index is 331. The van der Waals surface area contributed by atoms with Crippen LogP contribution >= 0.6 is 15.9 Å². The minimum atomic E-state index is 0.267. The van der Waals surface area contributed by atoms with Gasteiger partial charge in [0, 0.05) is 23.2 Å². The van der Waals surface area contributed by atoms with Crippen molar-refractivity contribution < 1.29 is 9.84 Å². The molecule has 0 unspecified atom stereocenters. The lowest BCUT2D eigenvalue weighted by Crippen LogP contribution is -2.08. The second kappa shape index (κ2) is 8.50. The lowest BCUT2D eigenvalue weighted by molar-refractivity contribution is 0.265. The molecule has 0 aliphatic rings. The Morgan fingerprint density at radius 1 is 1.29 bits per heavy atom. The average Bonchev–Trinajstić information content (AvgIpc) is 2.32. The first-order chi connectivity index (χ1) is 8.27. The third-order valence-electron chi connectivity index (χ3n) is 2.45. The summed E-state index contributed by atoms with van der Waals surface area (Å²) in [6.07, 6.45) is 2.84. The van der Waals surface area contributed by atoms with Crippen LogP contribution in [0.2, 0.25) is 0 Å². The Morgan fingerprint density at radius 2 is 2.12 bits per heavy atom. The zero-order chi connectivity index (χ0) is 12.5. The Balaban J connectivity index is 2.45. The largest absolute Gasteiger partial charge is 0.493 e. The van der Waals surface area contributed by atoms with Gasteiger partial charge in [-0.15, -0.1) is 0 Å². The lowest BCUT2D eigenvalue weighted by atomic mass is 10.2. The Labute approximate surface area is 111 Å². The van der Waals surface area contributed by atoms with Crippen LogP contribution < -0.4 is 10.1 Å². The predicted molar refractivity (Wildman–Crippen MR) is 73.3 cm³/mol. The standard InChI is InChI=1S/C13H20BrNO2/c1-15-10-11-9-12(14)5-6-13(11)17-8-4-2-3-7-16/h5-6,9,15-16H,2-4,7-8,10H2,1H3. The molecule has 0 aliphatic heterocycles. The number of halogens is 1. The summed E-state index contributed by atoms with van der Waals surface area (Å²) >= 11 is 3.46. The van der Waals surface area contributed by atoms with Gasteiger partial charge in [0.15, 0.2) is 0 Å². The third kappa shape index (κ3) is 5.52. The van der Waals surface area contributed by atoms with Crippen LogP contribution in [0.25, 0.3) is 0 Å². The zero-order valence-electron chi connectivity index (χ0n) is 10.2. The molecule has 0 atom stereocenters. The van der Waals surface area contributed by atoms with Crippen molar-refractivity contribution in [2.75, 3.05) is 20.3 Å². The number of benzene rings is 1. The van der Waals surface area contributed by atoms with Gasteiger partial charge >= 0.3 is 0 Å². The Morgan fingerprint density at radius 3 is 2.82 bits per heavy atom. The molecule has 4 heteroatoms. The summed E-state index contributed by atoms with van der Waals surface area (Å²) in [4.78, 5) is 0. The third-order valence-corrected chi connectivity index (χ3v) is 2.94. The molecule has 0 bridgehead atoms. The number of aliphatic hydroxyl groups is 1. The van der Waals surface area contributed by atoms with Crippen molar-refractivity contribution in [2.45, 2.75) is 25.8 Å². The van der Waals surface area contributed by atoms with Crippen LogP contribution in [0.3, 0.4) is 0 Å². The molecule has 0 saturated heterocycles. The van der Waals surface area contributed by atoms with E-state index in [4.69, 9.17) is 9.84 Å². The number of unbranched alkanes of at least 4 members (excludes halogenated alkanes) is 2. The molecule has 0 aliphatic carbocycles. The molecule has 96 valence electrons. The number of hydrogen-bond acceptors (Lipinski definition) is 3. The van der Waals surface area contributed by atoms with Crippen molar-refractivity contribution in [3.63, 3.8) is 0 Å². The monoisotopic (exact) mass is 301 g/mol. The van der Waals surface area contributed by atoms with E-state index in [-0.39, 0.29) is 6.61 Å². The van der Waals surface area contributed by atoms with E-state index in [0.29, 0.717) is 6.61 Å². The summed E-state index contributed by atoms with van der Waals surface area (Å²) in [6, 6.07) is 6.05. The van der Waals surface area contributed by atoms with E-state index in [2.05, 4.69) is 27.3 Å². The van der Waals surface area contributed by atoms with Gasteiger partial charge in [-0.1, -0.05) is 15.9 Å². The van der Waals surface area contributed by atoms with Crippen LogP contribution in [0.5, 0.6) is 5.75 Å². The maximum Gasteiger partial charge on any atom is 0.123 e. The number of ether oxygens (including phenoxy) is 1. The minimum Gasteiger partial charge on any atom is -0.493 e. The van der Waals surface area contributed by atoms with Gasteiger partial charge < -0.3 is 15.2 Å². The summed E-state index contributed by atoms with van der Waals surface area (Å²) in [5.41, 5.74) is 1.16. The predicted octanol–water partition coefficient (Wildman–Crippen LogP) is 2.71. The second-order valence-corrected chi connectivity index (χ2v) is 4.83. The molecule has 0 fully saturated rings. The van der Waals surface area contributed by atoms with Gasteiger partial charge in [-0.3, -0.25) is 0 Å². The van der Waals surface area contributed by atoms with Crippen molar-refractivity contribution in [3.05, 3.63) is 28.2 Å². The van der Waals surface area contributed by atoms with Crippen LogP contribution in [0.4, 0.5) is 0 Å². The fraction of sp³-hybridized carbons (Fsp3) is 0.538. The first kappa shape index (κ1) is 14.5. The average molecular weight is 302 g/mol. The Kier molecular flexibility index (Phi) is 7.24. The highest BCUT2D eigenvalue weighted by Crippen LogP contribution is 2.23. The van der Waals surface area contributed by atoms with Crippen molar-refractivity contribution in [1.29, 1.82) is 0 Å². The van der Waals surface area contributed by atoms with Crippen LogP contribution in [0, 0.1) is 0 Å². The molecule has 0 radical (unpaired) electrons. The highest BCUT2D eigenvalue weighted by Gasteiger charge is 2.03. The molecule has 0 aromatic heterocycles. The summed E-state index contributed by atoms with van der Waals surface area (Å²) in [5, 5.41) is 11.8. The van der Waals surface area contributed by atoms with Gasteiger partial charge in [0.25, 0.3) is 0 Å². The molecule has 1 rings (SSSR count). The molecule has 2 N–H and O–H groups in total. The molecule has 17 heavy (non-hydrogen) atoms. The first-order valence-corrected chi connectivity index (χ1v) is 6.74. The molecule has 3 nitrogen and oxygen atoms in total. The van der Waals surface area contributed by atoms with Gasteiger partial charge in [0.2, 0.25) is 0 Å². The van der Waals surface area contributed by atoms with Crippen molar-refractivity contribution in [3.8, 4) is 5.75 Å². The second-order valence-electron chi connectivity index (χ2n) is 3.92. The molecular formula is C13H20BrNO2. The summed E-state index contributed by atoms with van der Waals surface area (Å²) in [7, 11) is 1.92. The fourth-order valence-corrected chi connectivity index (χ4v) is 2.00. The van der Waals surface area contributed by atoms with E-state index < -0.39 is 0 Å². The summed E-state index contributed by atoms with van der Waals surface area (Å²) < 4.78 is 6.81. The van der Waals surface area contributed by atoms with Crippen molar-refractivity contribution in [1.82, 2.24) is 5.32 Å². The van der Waals surface area contributed by atoms with Gasteiger partial charge in [-0.2, -0.15) is 0 Å². The Hall–Kier alpha value is -0.580. The minimum absolute atomic E-state index is 0.267. The van der Waals surface area contributed by atoms with E-state index in [9.17, 15) is 0 Å². The summed E-state index contributed by atoms with van der Waals surface area (Å²) in [6.45, 7) is 1.77. The lowest BCUT2D eigenvalue weighted by Gasteiger charge is -2.11. The molecule has 0 heterocycles. The quantitative estimate of drug-likeness (QED) is 0.726. The van der Waals surface area contributed by atoms with Crippen LogP contribution in [-0.4, -0.2) is 25.4 Å². The molecular weight excluding hydrogens is 282 g/mol. The van der Waals surface area contributed by atoms with Crippen molar-refractivity contribution >= 4 is 15.9 Å². The van der Waals surface area contributed by atoms with E-state index in [0.717, 1.165) is 41.6 Å². The maximum absolute atomic E-state index is 8.67. The van der Waals surface area contributed by atoms with E-state index in [1.165, 1.54) is 0 Å². The van der Waals surface area contributed by atoms with E-state index in [1.54, 1.807) is 0 Å². The SMILES string of the molecule is CNCc1cc(Br)ccc1OCCCCCO. The molecule has 0 amide bonds. The van der Waals surface area contributed by atoms with Gasteiger partial charge in [-0.25, -0.2) is 0 Å².